The summed E-state index contributed by atoms with van der Waals surface area (Å²) in [7, 11) is 0. The molecule has 0 fully saturated rings. The maximum Gasteiger partial charge on any atom is 0.131 e. The van der Waals surface area contributed by atoms with Crippen molar-refractivity contribution < 1.29 is 0 Å². The molecule has 1 aromatic rings. The van der Waals surface area contributed by atoms with Crippen molar-refractivity contribution in [2.75, 3.05) is 17.6 Å². The number of hydrogen-bond donors (Lipinski definition) is 2. The normalized spacial score (nSPS) is 9.94. The van der Waals surface area contributed by atoms with Gasteiger partial charge >= 0.3 is 0 Å². The van der Waals surface area contributed by atoms with Crippen molar-refractivity contribution in [3.05, 3.63) is 10.4 Å². The quantitative estimate of drug-likeness (QED) is 0.784. The van der Waals surface area contributed by atoms with E-state index in [1.54, 1.807) is 0 Å². The van der Waals surface area contributed by atoms with Crippen molar-refractivity contribution in [3.63, 3.8) is 0 Å². The third-order valence-electron chi connectivity index (χ3n) is 2.40. The average Bonchev–Trinajstić information content (AvgIpc) is 2.60. The average molecular weight is 248 g/mol. The minimum Gasteiger partial charge on any atom is -0.396 e. The SMILES string of the molecule is CC(C)CCCNc1sc(C#N)c(N)c1C#N. The number of thiophene rings is 1. The number of nitrogens with one attached hydrogen (secondary N) is 1. The van der Waals surface area contributed by atoms with Crippen LogP contribution in [-0.2, 0) is 0 Å². The maximum absolute atomic E-state index is 8.98. The fraction of sp³-hybridized carbons (Fsp3) is 0.500. The van der Waals surface area contributed by atoms with Gasteiger partial charge in [-0.15, -0.1) is 11.3 Å². The molecule has 0 aliphatic rings. The Balaban J connectivity index is 2.66. The van der Waals surface area contributed by atoms with Crippen molar-refractivity contribution in [2.24, 2.45) is 5.92 Å². The first kappa shape index (κ1) is 13.3. The van der Waals surface area contributed by atoms with Gasteiger partial charge in [-0.2, -0.15) is 10.5 Å². The Bertz CT molecular complexity index is 462. The lowest BCUT2D eigenvalue weighted by Crippen LogP contribution is -2.03. The highest BCUT2D eigenvalue weighted by Gasteiger charge is 2.14. The van der Waals surface area contributed by atoms with E-state index in [1.807, 2.05) is 12.1 Å². The molecule has 5 heteroatoms. The molecular formula is C12H16N4S. The van der Waals surface area contributed by atoms with Crippen molar-refractivity contribution in [1.82, 2.24) is 0 Å². The summed E-state index contributed by atoms with van der Waals surface area (Å²) in [5.41, 5.74) is 6.40. The Labute approximate surface area is 106 Å². The standard InChI is InChI=1S/C12H16N4S/c1-8(2)4-3-5-16-12-9(6-13)11(15)10(7-14)17-12/h8,16H,3-5,15H2,1-2H3. The number of anilines is 2. The number of hydrogen-bond acceptors (Lipinski definition) is 5. The topological polar surface area (TPSA) is 85.6 Å². The zero-order valence-corrected chi connectivity index (χ0v) is 10.9. The van der Waals surface area contributed by atoms with E-state index in [1.165, 1.54) is 11.3 Å². The molecule has 1 aromatic heterocycles. The zero-order chi connectivity index (χ0) is 12.8. The Morgan fingerprint density at radius 3 is 2.59 bits per heavy atom. The summed E-state index contributed by atoms with van der Waals surface area (Å²) >= 11 is 1.25. The first-order valence-corrected chi connectivity index (χ1v) is 6.38. The van der Waals surface area contributed by atoms with Crippen LogP contribution < -0.4 is 11.1 Å². The molecule has 0 aromatic carbocycles. The van der Waals surface area contributed by atoms with Crippen molar-refractivity contribution in [2.45, 2.75) is 26.7 Å². The highest BCUT2D eigenvalue weighted by molar-refractivity contribution is 7.17. The molecule has 0 saturated carbocycles. The van der Waals surface area contributed by atoms with E-state index in [9.17, 15) is 0 Å². The van der Waals surface area contributed by atoms with Gasteiger partial charge < -0.3 is 11.1 Å². The molecule has 0 aliphatic carbocycles. The van der Waals surface area contributed by atoms with Crippen LogP contribution >= 0.6 is 11.3 Å². The summed E-state index contributed by atoms with van der Waals surface area (Å²) < 4.78 is 0. The molecule has 0 spiro atoms. The lowest BCUT2D eigenvalue weighted by Gasteiger charge is -2.06. The van der Waals surface area contributed by atoms with Gasteiger partial charge in [0.1, 0.15) is 27.6 Å². The highest BCUT2D eigenvalue weighted by Crippen LogP contribution is 2.34. The maximum atomic E-state index is 8.98. The summed E-state index contributed by atoms with van der Waals surface area (Å²) in [4.78, 5) is 0.410. The van der Waals surface area contributed by atoms with Crippen molar-refractivity contribution in [1.29, 1.82) is 10.5 Å². The van der Waals surface area contributed by atoms with Gasteiger partial charge in [0.2, 0.25) is 0 Å². The Morgan fingerprint density at radius 2 is 2.06 bits per heavy atom. The lowest BCUT2D eigenvalue weighted by molar-refractivity contribution is 0.567. The van der Waals surface area contributed by atoms with Gasteiger partial charge in [0.15, 0.2) is 0 Å². The summed E-state index contributed by atoms with van der Waals surface area (Å²) in [6.07, 6.45) is 2.18. The molecule has 17 heavy (non-hydrogen) atoms. The van der Waals surface area contributed by atoms with Gasteiger partial charge in [-0.1, -0.05) is 13.8 Å². The third kappa shape index (κ3) is 3.37. The smallest absolute Gasteiger partial charge is 0.131 e. The zero-order valence-electron chi connectivity index (χ0n) is 10.1. The van der Waals surface area contributed by atoms with Crippen LogP contribution in [-0.4, -0.2) is 6.54 Å². The fourth-order valence-electron chi connectivity index (χ4n) is 1.47. The van der Waals surface area contributed by atoms with Crippen molar-refractivity contribution in [3.8, 4) is 12.1 Å². The molecule has 1 rings (SSSR count). The second-order valence-electron chi connectivity index (χ2n) is 4.24. The molecule has 0 amide bonds. The van der Waals surface area contributed by atoms with Gasteiger partial charge in [0.25, 0.3) is 0 Å². The largest absolute Gasteiger partial charge is 0.396 e. The van der Waals surface area contributed by atoms with Crippen LogP contribution in [0.2, 0.25) is 0 Å². The summed E-state index contributed by atoms with van der Waals surface area (Å²) in [6.45, 7) is 5.16. The molecule has 0 saturated heterocycles. The van der Waals surface area contributed by atoms with Crippen LogP contribution in [0.1, 0.15) is 37.1 Å². The summed E-state index contributed by atoms with van der Waals surface area (Å²) in [5, 5.41) is 21.7. The van der Waals surface area contributed by atoms with E-state index in [2.05, 4.69) is 19.2 Å². The molecule has 3 N–H and O–H groups in total. The Morgan fingerprint density at radius 1 is 1.35 bits per heavy atom. The van der Waals surface area contributed by atoms with Crippen LogP contribution in [0.3, 0.4) is 0 Å². The fourth-order valence-corrected chi connectivity index (χ4v) is 2.37. The number of nitrogens with two attached hydrogens (primary N) is 1. The highest BCUT2D eigenvalue weighted by atomic mass is 32.1. The van der Waals surface area contributed by atoms with Crippen LogP contribution in [0.5, 0.6) is 0 Å². The molecule has 0 aliphatic heterocycles. The Kier molecular flexibility index (Phi) is 4.81. The third-order valence-corrected chi connectivity index (χ3v) is 3.47. The van der Waals surface area contributed by atoms with Gasteiger partial charge in [-0.05, 0) is 18.8 Å². The second kappa shape index (κ2) is 6.12. The van der Waals surface area contributed by atoms with Gasteiger partial charge in [-0.25, -0.2) is 0 Å². The monoisotopic (exact) mass is 248 g/mol. The van der Waals surface area contributed by atoms with Crippen LogP contribution in [0.4, 0.5) is 10.7 Å². The van der Waals surface area contributed by atoms with E-state index < -0.39 is 0 Å². The van der Waals surface area contributed by atoms with E-state index in [-0.39, 0.29) is 0 Å². The minimum atomic E-state index is 0.298. The summed E-state index contributed by atoms with van der Waals surface area (Å²) in [5.74, 6) is 0.676. The van der Waals surface area contributed by atoms with Crippen LogP contribution in [0.25, 0.3) is 0 Å². The van der Waals surface area contributed by atoms with Gasteiger partial charge in [-0.3, -0.25) is 0 Å². The number of nitrogens with zero attached hydrogens (tertiary/aromatic N) is 2. The van der Waals surface area contributed by atoms with Gasteiger partial charge in [0.05, 0.1) is 5.69 Å². The molecule has 0 atom stereocenters. The molecule has 4 nitrogen and oxygen atoms in total. The number of nitrogen functional groups attached to an aromatic ring is 1. The molecular weight excluding hydrogens is 232 g/mol. The van der Waals surface area contributed by atoms with Gasteiger partial charge in [0, 0.05) is 6.54 Å². The second-order valence-corrected chi connectivity index (χ2v) is 5.26. The van der Waals surface area contributed by atoms with E-state index in [4.69, 9.17) is 16.3 Å². The molecule has 1 heterocycles. The van der Waals surface area contributed by atoms with Crippen molar-refractivity contribution >= 4 is 22.0 Å². The van der Waals surface area contributed by atoms with E-state index in [0.717, 1.165) is 19.4 Å². The molecule has 0 unspecified atom stereocenters. The minimum absolute atomic E-state index is 0.298. The van der Waals surface area contributed by atoms with Crippen LogP contribution in [0.15, 0.2) is 0 Å². The predicted molar refractivity (Wildman–Crippen MR) is 70.7 cm³/mol. The van der Waals surface area contributed by atoms with E-state index >= 15 is 0 Å². The summed E-state index contributed by atoms with van der Waals surface area (Å²) in [6, 6.07) is 4.04. The predicted octanol–water partition coefficient (Wildman–Crippen LogP) is 2.92. The molecule has 0 bridgehead atoms. The van der Waals surface area contributed by atoms with Crippen LogP contribution in [0, 0.1) is 28.6 Å². The first-order valence-electron chi connectivity index (χ1n) is 5.56. The number of rotatable bonds is 5. The number of nitriles is 2. The lowest BCUT2D eigenvalue weighted by atomic mass is 10.1. The Hall–Kier alpha value is -1.72. The molecule has 0 radical (unpaired) electrons. The first-order chi connectivity index (χ1) is 8.10. The van der Waals surface area contributed by atoms with E-state index in [0.29, 0.717) is 27.0 Å². The molecule has 90 valence electrons.